The number of carbonyl (C=O) groups excluding carboxylic acids is 1. The third kappa shape index (κ3) is 2.28. The second kappa shape index (κ2) is 3.81. The molecule has 0 aromatic rings. The molecule has 2 aliphatic carbocycles. The average molecular weight is 213 g/mol. The minimum Gasteiger partial charge on any atom is -0.481 e. The molecule has 0 aromatic heterocycles. The normalized spacial score (nSPS) is 37.9. The molecule has 0 aliphatic heterocycles. The molecule has 0 radical (unpaired) electrons. The molecule has 2 aliphatic rings. The number of aliphatic carboxylic acids is 1. The van der Waals surface area contributed by atoms with Gasteiger partial charge < -0.3 is 15.5 Å². The van der Waals surface area contributed by atoms with Crippen molar-refractivity contribution >= 4 is 11.9 Å². The highest BCUT2D eigenvalue weighted by atomic mass is 16.4. The van der Waals surface area contributed by atoms with E-state index in [0.29, 0.717) is 18.9 Å². The Kier molecular flexibility index (Phi) is 2.65. The Balaban J connectivity index is 1.64. The van der Waals surface area contributed by atoms with E-state index in [2.05, 4.69) is 5.32 Å². The van der Waals surface area contributed by atoms with Crippen LogP contribution in [0.5, 0.6) is 0 Å². The number of amides is 1. The Morgan fingerprint density at radius 3 is 2.33 bits per heavy atom. The summed E-state index contributed by atoms with van der Waals surface area (Å²) in [4.78, 5) is 21.9. The summed E-state index contributed by atoms with van der Waals surface area (Å²) >= 11 is 0. The topological polar surface area (TPSA) is 86.6 Å². The highest BCUT2D eigenvalue weighted by Crippen LogP contribution is 2.38. The van der Waals surface area contributed by atoms with Crippen molar-refractivity contribution in [3.63, 3.8) is 0 Å². The predicted molar refractivity (Wildman–Crippen MR) is 51.0 cm³/mol. The van der Waals surface area contributed by atoms with E-state index in [-0.39, 0.29) is 17.9 Å². The molecule has 5 heteroatoms. The molecule has 2 saturated carbocycles. The molecule has 5 nitrogen and oxygen atoms in total. The van der Waals surface area contributed by atoms with Crippen molar-refractivity contribution in [1.29, 1.82) is 0 Å². The van der Waals surface area contributed by atoms with Crippen LogP contribution in [0.25, 0.3) is 0 Å². The molecule has 0 heterocycles. The summed E-state index contributed by atoms with van der Waals surface area (Å²) in [5, 5.41) is 20.4. The number of aliphatic hydroxyl groups excluding tert-OH is 1. The number of carboxylic acids is 1. The highest BCUT2D eigenvalue weighted by molar-refractivity contribution is 5.89. The largest absolute Gasteiger partial charge is 0.481 e. The quantitative estimate of drug-likeness (QED) is 0.592. The first-order valence-electron chi connectivity index (χ1n) is 5.26. The van der Waals surface area contributed by atoms with Crippen LogP contribution < -0.4 is 5.32 Å². The molecule has 0 aromatic carbocycles. The zero-order chi connectivity index (χ0) is 11.0. The van der Waals surface area contributed by atoms with Crippen LogP contribution in [0.3, 0.4) is 0 Å². The average Bonchev–Trinajstić information content (AvgIpc) is 2.89. The van der Waals surface area contributed by atoms with Gasteiger partial charge in [0.2, 0.25) is 5.91 Å². The van der Waals surface area contributed by atoms with Crippen LogP contribution >= 0.6 is 0 Å². The van der Waals surface area contributed by atoms with E-state index in [1.165, 1.54) is 0 Å². The van der Waals surface area contributed by atoms with E-state index in [1.54, 1.807) is 0 Å². The summed E-state index contributed by atoms with van der Waals surface area (Å²) in [7, 11) is 0. The van der Waals surface area contributed by atoms with Gasteiger partial charge in [-0.15, -0.1) is 0 Å². The van der Waals surface area contributed by atoms with Gasteiger partial charge in [0, 0.05) is 6.54 Å². The number of hydrogen-bond donors (Lipinski definition) is 3. The number of hydrogen-bond acceptors (Lipinski definition) is 3. The maximum atomic E-state index is 11.4. The van der Waals surface area contributed by atoms with E-state index in [9.17, 15) is 9.59 Å². The van der Waals surface area contributed by atoms with Crippen LogP contribution in [0.4, 0.5) is 0 Å². The molecular formula is C10H15NO4. The Bertz CT molecular complexity index is 285. The number of carboxylic acid groups (broad SMARTS) is 1. The van der Waals surface area contributed by atoms with Crippen molar-refractivity contribution in [1.82, 2.24) is 5.32 Å². The predicted octanol–water partition coefficient (Wildman–Crippen LogP) is -0.406. The fourth-order valence-electron chi connectivity index (χ4n) is 2.00. The van der Waals surface area contributed by atoms with Gasteiger partial charge in [-0.1, -0.05) is 0 Å². The lowest BCUT2D eigenvalue weighted by Crippen LogP contribution is -2.39. The smallest absolute Gasteiger partial charge is 0.307 e. The van der Waals surface area contributed by atoms with Gasteiger partial charge in [-0.05, 0) is 25.2 Å². The number of carbonyl (C=O) groups is 2. The van der Waals surface area contributed by atoms with Gasteiger partial charge in [0.25, 0.3) is 0 Å². The first-order valence-corrected chi connectivity index (χ1v) is 5.26. The van der Waals surface area contributed by atoms with Crippen molar-refractivity contribution in [3.8, 4) is 0 Å². The summed E-state index contributed by atoms with van der Waals surface area (Å²) in [6.45, 7) is 0.568. The van der Waals surface area contributed by atoms with Gasteiger partial charge in [-0.25, -0.2) is 0 Å². The zero-order valence-electron chi connectivity index (χ0n) is 8.35. The first kappa shape index (κ1) is 10.4. The molecule has 2 fully saturated rings. The van der Waals surface area contributed by atoms with Gasteiger partial charge in [0.15, 0.2) is 0 Å². The molecule has 0 bridgehead atoms. The lowest BCUT2D eigenvalue weighted by atomic mass is 9.82. The fourth-order valence-corrected chi connectivity index (χ4v) is 2.00. The molecular weight excluding hydrogens is 198 g/mol. The molecule has 2 unspecified atom stereocenters. The molecule has 0 saturated heterocycles. The SMILES string of the molecule is O=C(O)C1CC1C(=O)NCC1CC(O)C1. The summed E-state index contributed by atoms with van der Waals surface area (Å²) in [5.41, 5.74) is 0. The van der Waals surface area contributed by atoms with Crippen LogP contribution in [0.2, 0.25) is 0 Å². The first-order chi connectivity index (χ1) is 7.08. The standard InChI is InChI=1S/C10H15NO4/c12-6-1-5(2-6)4-11-9(13)7-3-8(7)10(14)15/h5-8,12H,1-4H2,(H,11,13)(H,14,15). The van der Waals surface area contributed by atoms with Crippen LogP contribution in [-0.4, -0.2) is 34.7 Å². The summed E-state index contributed by atoms with van der Waals surface area (Å²) in [6, 6.07) is 0. The molecule has 0 spiro atoms. The molecule has 1 amide bonds. The summed E-state index contributed by atoms with van der Waals surface area (Å²) in [6.07, 6.45) is 1.74. The molecule has 84 valence electrons. The third-order valence-electron chi connectivity index (χ3n) is 3.22. The van der Waals surface area contributed by atoms with Gasteiger partial charge >= 0.3 is 5.97 Å². The Morgan fingerprint density at radius 2 is 1.87 bits per heavy atom. The van der Waals surface area contributed by atoms with Crippen molar-refractivity contribution < 1.29 is 19.8 Å². The summed E-state index contributed by atoms with van der Waals surface area (Å²) in [5.74, 6) is -1.46. The molecule has 2 atom stereocenters. The second-order valence-corrected chi connectivity index (χ2v) is 4.52. The fraction of sp³-hybridized carbons (Fsp3) is 0.800. The van der Waals surface area contributed by atoms with Crippen molar-refractivity contribution in [2.24, 2.45) is 17.8 Å². The number of rotatable bonds is 4. The molecule has 3 N–H and O–H groups in total. The van der Waals surface area contributed by atoms with Gasteiger partial charge in [0.05, 0.1) is 17.9 Å². The van der Waals surface area contributed by atoms with Crippen LogP contribution in [0.15, 0.2) is 0 Å². The van der Waals surface area contributed by atoms with E-state index < -0.39 is 11.9 Å². The Hall–Kier alpha value is -1.10. The second-order valence-electron chi connectivity index (χ2n) is 4.52. The number of aliphatic hydroxyl groups is 1. The molecule has 15 heavy (non-hydrogen) atoms. The monoisotopic (exact) mass is 213 g/mol. The van der Waals surface area contributed by atoms with Gasteiger partial charge in [-0.3, -0.25) is 9.59 Å². The van der Waals surface area contributed by atoms with Crippen molar-refractivity contribution in [2.45, 2.75) is 25.4 Å². The minimum absolute atomic E-state index is 0.149. The van der Waals surface area contributed by atoms with Crippen molar-refractivity contribution in [3.05, 3.63) is 0 Å². The van der Waals surface area contributed by atoms with E-state index in [0.717, 1.165) is 12.8 Å². The minimum atomic E-state index is -0.880. The Labute approximate surface area is 87.5 Å². The van der Waals surface area contributed by atoms with Gasteiger partial charge in [-0.2, -0.15) is 0 Å². The number of nitrogens with one attached hydrogen (secondary N) is 1. The van der Waals surface area contributed by atoms with Gasteiger partial charge in [0.1, 0.15) is 0 Å². The van der Waals surface area contributed by atoms with Crippen LogP contribution in [0.1, 0.15) is 19.3 Å². The Morgan fingerprint density at radius 1 is 1.20 bits per heavy atom. The third-order valence-corrected chi connectivity index (χ3v) is 3.22. The van der Waals surface area contributed by atoms with E-state index in [4.69, 9.17) is 10.2 Å². The lowest BCUT2D eigenvalue weighted by Gasteiger charge is -2.31. The van der Waals surface area contributed by atoms with E-state index in [1.807, 2.05) is 0 Å². The van der Waals surface area contributed by atoms with Crippen molar-refractivity contribution in [2.75, 3.05) is 6.54 Å². The maximum absolute atomic E-state index is 11.4. The molecule has 2 rings (SSSR count). The van der Waals surface area contributed by atoms with Crippen LogP contribution in [-0.2, 0) is 9.59 Å². The lowest BCUT2D eigenvalue weighted by molar-refractivity contribution is -0.140. The highest BCUT2D eigenvalue weighted by Gasteiger charge is 2.48. The van der Waals surface area contributed by atoms with E-state index >= 15 is 0 Å². The summed E-state index contributed by atoms with van der Waals surface area (Å²) < 4.78 is 0. The van der Waals surface area contributed by atoms with Crippen LogP contribution in [0, 0.1) is 17.8 Å². The zero-order valence-corrected chi connectivity index (χ0v) is 8.35. The maximum Gasteiger partial charge on any atom is 0.307 e.